The molecule has 148 valence electrons. The minimum absolute atomic E-state index is 0.0801. The van der Waals surface area contributed by atoms with E-state index in [1.807, 2.05) is 36.4 Å². The first-order chi connectivity index (χ1) is 14.2. The third-order valence-corrected chi connectivity index (χ3v) is 4.04. The zero-order chi connectivity index (χ0) is 20.5. The monoisotopic (exact) mass is 390 g/mol. The smallest absolute Gasteiger partial charge is 0.262 e. The Bertz CT molecular complexity index is 967. The molecule has 0 bridgehead atoms. The van der Waals surface area contributed by atoms with Crippen molar-refractivity contribution in [1.29, 1.82) is 0 Å². The van der Waals surface area contributed by atoms with Gasteiger partial charge in [0.25, 0.3) is 5.91 Å². The van der Waals surface area contributed by atoms with Crippen molar-refractivity contribution in [3.63, 3.8) is 0 Å². The molecule has 1 amide bonds. The van der Waals surface area contributed by atoms with Crippen molar-refractivity contribution in [3.05, 3.63) is 78.4 Å². The van der Waals surface area contributed by atoms with E-state index in [0.29, 0.717) is 11.4 Å². The summed E-state index contributed by atoms with van der Waals surface area (Å²) in [6, 6.07) is 22.0. The first-order valence-corrected chi connectivity index (χ1v) is 9.01. The molecule has 3 aromatic carbocycles. The standard InChI is InChI=1S/C23H22N2O4/c1-27-20-12-8-18(9-13-20)25-23(26)16-29-21-10-6-17(7-11-21)15-24-19-4-3-5-22(14-19)28-2/h3-15H,16H2,1-2H3,(H,25,26). The molecule has 6 nitrogen and oxygen atoms in total. The van der Waals surface area contributed by atoms with Gasteiger partial charge in [-0.15, -0.1) is 0 Å². The quantitative estimate of drug-likeness (QED) is 0.576. The van der Waals surface area contributed by atoms with Crippen LogP contribution < -0.4 is 19.5 Å². The molecular weight excluding hydrogens is 368 g/mol. The number of carbonyl (C=O) groups excluding carboxylic acids is 1. The summed E-state index contributed by atoms with van der Waals surface area (Å²) in [5.74, 6) is 1.86. The molecule has 0 radical (unpaired) electrons. The Morgan fingerprint density at radius 2 is 1.59 bits per heavy atom. The van der Waals surface area contributed by atoms with Gasteiger partial charge in [0.15, 0.2) is 6.61 Å². The van der Waals surface area contributed by atoms with Gasteiger partial charge in [-0.25, -0.2) is 0 Å². The van der Waals surface area contributed by atoms with Crippen molar-refractivity contribution in [2.75, 3.05) is 26.1 Å². The second kappa shape index (κ2) is 9.94. The van der Waals surface area contributed by atoms with Gasteiger partial charge in [-0.05, 0) is 66.2 Å². The summed E-state index contributed by atoms with van der Waals surface area (Å²) in [6.45, 7) is -0.0801. The zero-order valence-corrected chi connectivity index (χ0v) is 16.3. The van der Waals surface area contributed by atoms with Gasteiger partial charge >= 0.3 is 0 Å². The molecule has 0 spiro atoms. The number of nitrogens with zero attached hydrogens (tertiary/aromatic N) is 1. The summed E-state index contributed by atoms with van der Waals surface area (Å²) >= 11 is 0. The zero-order valence-electron chi connectivity index (χ0n) is 16.3. The van der Waals surface area contributed by atoms with Crippen LogP contribution in [0.25, 0.3) is 0 Å². The minimum atomic E-state index is -0.237. The first kappa shape index (κ1) is 19.9. The van der Waals surface area contributed by atoms with E-state index in [9.17, 15) is 4.79 Å². The van der Waals surface area contributed by atoms with Crippen molar-refractivity contribution in [1.82, 2.24) is 0 Å². The fourth-order valence-electron chi connectivity index (χ4n) is 2.51. The highest BCUT2D eigenvalue weighted by Gasteiger charge is 2.04. The third kappa shape index (κ3) is 6.10. The van der Waals surface area contributed by atoms with Crippen molar-refractivity contribution in [3.8, 4) is 17.2 Å². The van der Waals surface area contributed by atoms with Crippen LogP contribution in [0.3, 0.4) is 0 Å². The lowest BCUT2D eigenvalue weighted by Crippen LogP contribution is -2.20. The van der Waals surface area contributed by atoms with E-state index in [2.05, 4.69) is 10.3 Å². The van der Waals surface area contributed by atoms with E-state index in [1.54, 1.807) is 56.8 Å². The number of carbonyl (C=O) groups is 1. The largest absolute Gasteiger partial charge is 0.497 e. The number of anilines is 1. The fourth-order valence-corrected chi connectivity index (χ4v) is 2.51. The average Bonchev–Trinajstić information content (AvgIpc) is 2.77. The van der Waals surface area contributed by atoms with Gasteiger partial charge in [0, 0.05) is 18.0 Å². The Balaban J connectivity index is 1.50. The maximum atomic E-state index is 12.0. The number of ether oxygens (including phenoxy) is 3. The maximum Gasteiger partial charge on any atom is 0.262 e. The van der Waals surface area contributed by atoms with Gasteiger partial charge in [0.1, 0.15) is 17.2 Å². The van der Waals surface area contributed by atoms with Crippen LogP contribution >= 0.6 is 0 Å². The van der Waals surface area contributed by atoms with Crippen LogP contribution in [0.15, 0.2) is 77.8 Å². The van der Waals surface area contributed by atoms with Crippen LogP contribution in [-0.2, 0) is 4.79 Å². The lowest BCUT2D eigenvalue weighted by molar-refractivity contribution is -0.118. The molecule has 6 heteroatoms. The summed E-state index contributed by atoms with van der Waals surface area (Å²) in [5.41, 5.74) is 2.41. The minimum Gasteiger partial charge on any atom is -0.497 e. The van der Waals surface area contributed by atoms with Crippen LogP contribution in [0.4, 0.5) is 11.4 Å². The number of nitrogens with one attached hydrogen (secondary N) is 1. The third-order valence-electron chi connectivity index (χ3n) is 4.04. The van der Waals surface area contributed by atoms with Crippen molar-refractivity contribution >= 4 is 23.5 Å². The van der Waals surface area contributed by atoms with Crippen LogP contribution in [0, 0.1) is 0 Å². The van der Waals surface area contributed by atoms with Gasteiger partial charge in [0.05, 0.1) is 19.9 Å². The van der Waals surface area contributed by atoms with E-state index in [0.717, 1.165) is 22.7 Å². The first-order valence-electron chi connectivity index (χ1n) is 9.01. The maximum absolute atomic E-state index is 12.0. The molecule has 0 saturated heterocycles. The number of amides is 1. The molecule has 0 unspecified atom stereocenters. The average molecular weight is 390 g/mol. The molecule has 0 saturated carbocycles. The van der Waals surface area contributed by atoms with E-state index in [4.69, 9.17) is 14.2 Å². The molecule has 0 aliphatic carbocycles. The lowest BCUT2D eigenvalue weighted by atomic mass is 10.2. The molecule has 0 heterocycles. The van der Waals surface area contributed by atoms with E-state index in [1.165, 1.54) is 0 Å². The van der Waals surface area contributed by atoms with Gasteiger partial charge in [-0.1, -0.05) is 6.07 Å². The SMILES string of the molecule is COc1ccc(NC(=O)COc2ccc(C=Nc3cccc(OC)c3)cc2)cc1. The summed E-state index contributed by atoms with van der Waals surface area (Å²) in [6.07, 6.45) is 1.76. The Hall–Kier alpha value is -3.80. The molecule has 3 aromatic rings. The number of methoxy groups -OCH3 is 2. The Labute approximate surface area is 169 Å². The number of hydrogen-bond donors (Lipinski definition) is 1. The molecule has 1 N–H and O–H groups in total. The Kier molecular flexibility index (Phi) is 6.84. The molecule has 0 aromatic heterocycles. The van der Waals surface area contributed by atoms with E-state index in [-0.39, 0.29) is 12.5 Å². The van der Waals surface area contributed by atoms with Gasteiger partial charge in [-0.3, -0.25) is 9.79 Å². The predicted molar refractivity (Wildman–Crippen MR) is 114 cm³/mol. The van der Waals surface area contributed by atoms with Gasteiger partial charge < -0.3 is 19.5 Å². The van der Waals surface area contributed by atoms with Crippen LogP contribution in [0.5, 0.6) is 17.2 Å². The van der Waals surface area contributed by atoms with Crippen LogP contribution in [-0.4, -0.2) is 32.9 Å². The molecule has 29 heavy (non-hydrogen) atoms. The molecule has 0 atom stereocenters. The Morgan fingerprint density at radius 1 is 0.897 bits per heavy atom. The van der Waals surface area contributed by atoms with Crippen LogP contribution in [0.1, 0.15) is 5.56 Å². The normalized spacial score (nSPS) is 10.6. The number of benzene rings is 3. The highest BCUT2D eigenvalue weighted by molar-refractivity contribution is 5.92. The van der Waals surface area contributed by atoms with Crippen molar-refractivity contribution < 1.29 is 19.0 Å². The highest BCUT2D eigenvalue weighted by atomic mass is 16.5. The topological polar surface area (TPSA) is 69.2 Å². The Morgan fingerprint density at radius 3 is 2.28 bits per heavy atom. The lowest BCUT2D eigenvalue weighted by Gasteiger charge is -2.08. The molecule has 0 aliphatic heterocycles. The van der Waals surface area contributed by atoms with Gasteiger partial charge in [-0.2, -0.15) is 0 Å². The molecule has 0 fully saturated rings. The van der Waals surface area contributed by atoms with Crippen molar-refractivity contribution in [2.45, 2.75) is 0 Å². The number of rotatable bonds is 8. The predicted octanol–water partition coefficient (Wildman–Crippen LogP) is 4.47. The second-order valence-corrected chi connectivity index (χ2v) is 6.09. The number of hydrogen-bond acceptors (Lipinski definition) is 5. The highest BCUT2D eigenvalue weighted by Crippen LogP contribution is 2.20. The summed E-state index contributed by atoms with van der Waals surface area (Å²) in [5, 5.41) is 2.77. The van der Waals surface area contributed by atoms with Gasteiger partial charge in [0.2, 0.25) is 0 Å². The van der Waals surface area contributed by atoms with E-state index >= 15 is 0 Å². The number of aliphatic imine (C=N–C) groups is 1. The van der Waals surface area contributed by atoms with Crippen molar-refractivity contribution in [2.24, 2.45) is 4.99 Å². The molecule has 0 aliphatic rings. The fraction of sp³-hybridized carbons (Fsp3) is 0.130. The summed E-state index contributed by atoms with van der Waals surface area (Å²) in [7, 11) is 3.22. The van der Waals surface area contributed by atoms with Crippen LogP contribution in [0.2, 0.25) is 0 Å². The van der Waals surface area contributed by atoms with E-state index < -0.39 is 0 Å². The summed E-state index contributed by atoms with van der Waals surface area (Å²) in [4.78, 5) is 16.4. The second-order valence-electron chi connectivity index (χ2n) is 6.09. The molecular formula is C23H22N2O4. The summed E-state index contributed by atoms with van der Waals surface area (Å²) < 4.78 is 15.8. The molecule has 3 rings (SSSR count).